The van der Waals surface area contributed by atoms with Gasteiger partial charge in [-0.05, 0) is 55.0 Å². The van der Waals surface area contributed by atoms with E-state index in [1.807, 2.05) is 19.1 Å². The van der Waals surface area contributed by atoms with Gasteiger partial charge >= 0.3 is 0 Å². The van der Waals surface area contributed by atoms with Crippen LogP contribution >= 0.6 is 0 Å². The number of carbonyl (C=O) groups is 2. The minimum absolute atomic E-state index is 0.0898. The Hall–Kier alpha value is -4.18. The average molecular weight is 386 g/mol. The number of hydrogen-bond acceptors (Lipinski definition) is 5. The van der Waals surface area contributed by atoms with E-state index in [9.17, 15) is 9.59 Å². The first-order valence-electron chi connectivity index (χ1n) is 8.73. The number of benzene rings is 2. The number of hydrogen-bond donors (Lipinski definition) is 2. The van der Waals surface area contributed by atoms with E-state index in [1.165, 1.54) is 25.4 Å². The quantitative estimate of drug-likeness (QED) is 0.694. The number of rotatable bonds is 5. The molecule has 0 aliphatic carbocycles. The Morgan fingerprint density at radius 3 is 2.62 bits per heavy atom. The zero-order valence-corrected chi connectivity index (χ0v) is 15.9. The monoisotopic (exact) mass is 386 g/mol. The van der Waals surface area contributed by atoms with Gasteiger partial charge in [0.2, 0.25) is 0 Å². The molecular weight excluding hydrogens is 368 g/mol. The van der Waals surface area contributed by atoms with E-state index in [2.05, 4.69) is 15.6 Å². The molecule has 7 nitrogen and oxygen atoms in total. The minimum atomic E-state index is -0.463. The largest absolute Gasteiger partial charge is 0.495 e. The number of methoxy groups -OCH3 is 1. The third-order valence-electron chi connectivity index (χ3n) is 4.11. The van der Waals surface area contributed by atoms with Crippen molar-refractivity contribution in [3.8, 4) is 11.8 Å². The lowest BCUT2D eigenvalue weighted by molar-refractivity contribution is 0.102. The van der Waals surface area contributed by atoms with Crippen molar-refractivity contribution < 1.29 is 14.3 Å². The first kappa shape index (κ1) is 19.6. The van der Waals surface area contributed by atoms with Crippen LogP contribution in [0, 0.1) is 18.3 Å². The molecule has 0 aliphatic rings. The van der Waals surface area contributed by atoms with Gasteiger partial charge in [0, 0.05) is 17.4 Å². The van der Waals surface area contributed by atoms with Gasteiger partial charge in [-0.2, -0.15) is 5.26 Å². The Balaban J connectivity index is 1.78. The van der Waals surface area contributed by atoms with Crippen molar-refractivity contribution in [1.29, 1.82) is 5.26 Å². The predicted molar refractivity (Wildman–Crippen MR) is 109 cm³/mol. The maximum absolute atomic E-state index is 12.6. The van der Waals surface area contributed by atoms with E-state index in [-0.39, 0.29) is 11.3 Å². The van der Waals surface area contributed by atoms with Crippen molar-refractivity contribution >= 4 is 23.2 Å². The summed E-state index contributed by atoms with van der Waals surface area (Å²) in [5.74, 6) is -0.352. The topological polar surface area (TPSA) is 104 Å². The predicted octanol–water partition coefficient (Wildman–Crippen LogP) is 3.77. The summed E-state index contributed by atoms with van der Waals surface area (Å²) in [5.41, 5.74) is 2.76. The Kier molecular flexibility index (Phi) is 5.85. The number of nitriles is 1. The van der Waals surface area contributed by atoms with Crippen molar-refractivity contribution in [1.82, 2.24) is 4.98 Å². The molecule has 3 rings (SSSR count). The molecule has 2 amide bonds. The third-order valence-corrected chi connectivity index (χ3v) is 4.11. The van der Waals surface area contributed by atoms with E-state index in [4.69, 9.17) is 10.00 Å². The SMILES string of the molecule is COc1ccc(C)cc1NC(=O)c1cc(C(=O)Nc2cccc(C#N)c2)ccn1. The first-order chi connectivity index (χ1) is 14.0. The molecule has 7 heteroatoms. The highest BCUT2D eigenvalue weighted by molar-refractivity contribution is 6.08. The summed E-state index contributed by atoms with van der Waals surface area (Å²) >= 11 is 0. The van der Waals surface area contributed by atoms with Crippen molar-refractivity contribution in [2.75, 3.05) is 17.7 Å². The second kappa shape index (κ2) is 8.67. The summed E-state index contributed by atoms with van der Waals surface area (Å²) < 4.78 is 5.26. The fourth-order valence-corrected chi connectivity index (χ4v) is 2.67. The Bertz CT molecular complexity index is 1120. The van der Waals surface area contributed by atoms with E-state index >= 15 is 0 Å². The van der Waals surface area contributed by atoms with Crippen molar-refractivity contribution in [3.63, 3.8) is 0 Å². The zero-order chi connectivity index (χ0) is 20.8. The maximum Gasteiger partial charge on any atom is 0.274 e. The number of aryl methyl sites for hydroxylation is 1. The number of pyridine rings is 1. The van der Waals surface area contributed by atoms with Crippen LogP contribution in [0.4, 0.5) is 11.4 Å². The van der Waals surface area contributed by atoms with Gasteiger partial charge in [0.25, 0.3) is 11.8 Å². The molecule has 0 fully saturated rings. The fourth-order valence-electron chi connectivity index (χ4n) is 2.67. The molecule has 1 heterocycles. The third kappa shape index (κ3) is 4.76. The van der Waals surface area contributed by atoms with Crippen LogP contribution in [0.1, 0.15) is 32.0 Å². The van der Waals surface area contributed by atoms with Crippen LogP contribution in [0.3, 0.4) is 0 Å². The summed E-state index contributed by atoms with van der Waals surface area (Å²) in [6, 6.07) is 16.9. The standard InChI is InChI=1S/C22H18N4O3/c1-14-6-7-20(29-2)18(10-14)26-22(28)19-12-16(8-9-24-19)21(27)25-17-5-3-4-15(11-17)13-23/h3-12H,1-2H3,(H,25,27)(H,26,28). The number of nitrogens with zero attached hydrogens (tertiary/aromatic N) is 2. The van der Waals surface area contributed by atoms with Crippen LogP contribution in [0.5, 0.6) is 5.75 Å². The first-order valence-corrected chi connectivity index (χ1v) is 8.73. The lowest BCUT2D eigenvalue weighted by atomic mass is 10.1. The van der Waals surface area contributed by atoms with Gasteiger partial charge in [-0.3, -0.25) is 14.6 Å². The van der Waals surface area contributed by atoms with Gasteiger partial charge in [-0.15, -0.1) is 0 Å². The van der Waals surface area contributed by atoms with Crippen molar-refractivity contribution in [2.45, 2.75) is 6.92 Å². The van der Waals surface area contributed by atoms with E-state index in [0.29, 0.717) is 22.7 Å². The summed E-state index contributed by atoms with van der Waals surface area (Å²) in [6.45, 7) is 1.90. The Morgan fingerprint density at radius 2 is 1.86 bits per heavy atom. The number of carbonyl (C=O) groups excluding carboxylic acids is 2. The molecule has 2 N–H and O–H groups in total. The average Bonchev–Trinajstić information content (AvgIpc) is 2.74. The number of ether oxygens (including phenoxy) is 1. The molecule has 0 spiro atoms. The van der Waals surface area contributed by atoms with Gasteiger partial charge in [0.05, 0.1) is 24.4 Å². The number of amides is 2. The summed E-state index contributed by atoms with van der Waals surface area (Å²) in [5, 5.41) is 14.4. The molecule has 0 unspecified atom stereocenters. The van der Waals surface area contributed by atoms with Gasteiger partial charge < -0.3 is 15.4 Å². The number of aromatic nitrogens is 1. The zero-order valence-electron chi connectivity index (χ0n) is 15.9. The molecule has 144 valence electrons. The molecule has 0 saturated carbocycles. The normalized spacial score (nSPS) is 9.97. The van der Waals surface area contributed by atoms with E-state index in [0.717, 1.165) is 5.56 Å². The smallest absolute Gasteiger partial charge is 0.274 e. The molecule has 0 bridgehead atoms. The molecule has 0 radical (unpaired) electrons. The highest BCUT2D eigenvalue weighted by Crippen LogP contribution is 2.25. The van der Waals surface area contributed by atoms with Gasteiger partial charge in [-0.1, -0.05) is 12.1 Å². The second-order valence-corrected chi connectivity index (χ2v) is 6.23. The summed E-state index contributed by atoms with van der Waals surface area (Å²) in [7, 11) is 1.52. The summed E-state index contributed by atoms with van der Waals surface area (Å²) in [4.78, 5) is 29.2. The highest BCUT2D eigenvalue weighted by atomic mass is 16.5. The molecule has 2 aromatic carbocycles. The molecule has 29 heavy (non-hydrogen) atoms. The highest BCUT2D eigenvalue weighted by Gasteiger charge is 2.14. The van der Waals surface area contributed by atoms with Gasteiger partial charge in [-0.25, -0.2) is 0 Å². The van der Waals surface area contributed by atoms with E-state index < -0.39 is 11.8 Å². The van der Waals surface area contributed by atoms with E-state index in [1.54, 1.807) is 36.4 Å². The lowest BCUT2D eigenvalue weighted by Gasteiger charge is -2.11. The Morgan fingerprint density at radius 1 is 1.03 bits per heavy atom. The Labute approximate surface area is 168 Å². The molecule has 0 aliphatic heterocycles. The molecule has 0 saturated heterocycles. The van der Waals surface area contributed by atoms with Crippen LogP contribution in [-0.4, -0.2) is 23.9 Å². The number of nitrogens with one attached hydrogen (secondary N) is 2. The molecular formula is C22H18N4O3. The number of anilines is 2. The molecule has 3 aromatic rings. The molecule has 1 aromatic heterocycles. The minimum Gasteiger partial charge on any atom is -0.495 e. The van der Waals surface area contributed by atoms with Crippen LogP contribution in [0.15, 0.2) is 60.8 Å². The van der Waals surface area contributed by atoms with Crippen LogP contribution in [0.25, 0.3) is 0 Å². The van der Waals surface area contributed by atoms with Crippen LogP contribution in [0.2, 0.25) is 0 Å². The fraction of sp³-hybridized carbons (Fsp3) is 0.0909. The van der Waals surface area contributed by atoms with Gasteiger partial charge in [0.15, 0.2) is 0 Å². The van der Waals surface area contributed by atoms with Crippen LogP contribution < -0.4 is 15.4 Å². The van der Waals surface area contributed by atoms with Crippen molar-refractivity contribution in [2.24, 2.45) is 0 Å². The maximum atomic E-state index is 12.6. The van der Waals surface area contributed by atoms with Crippen LogP contribution in [-0.2, 0) is 0 Å². The summed E-state index contributed by atoms with van der Waals surface area (Å²) in [6.07, 6.45) is 1.39. The van der Waals surface area contributed by atoms with Crippen molar-refractivity contribution in [3.05, 3.63) is 83.2 Å². The lowest BCUT2D eigenvalue weighted by Crippen LogP contribution is -2.17. The second-order valence-electron chi connectivity index (χ2n) is 6.23. The van der Waals surface area contributed by atoms with Gasteiger partial charge in [0.1, 0.15) is 11.4 Å². The molecule has 0 atom stereocenters.